The molecule has 6 heterocycles. The van der Waals surface area contributed by atoms with Crippen molar-refractivity contribution >= 4 is 0 Å². The highest BCUT2D eigenvalue weighted by atomic mass is 15.6. The van der Waals surface area contributed by atoms with Crippen LogP contribution >= 0.6 is 0 Å². The van der Waals surface area contributed by atoms with E-state index in [4.69, 9.17) is 0 Å². The van der Waals surface area contributed by atoms with Crippen LogP contribution < -0.4 is 0 Å². The molecule has 6 aliphatic heterocycles. The van der Waals surface area contributed by atoms with Crippen molar-refractivity contribution in [3.63, 3.8) is 0 Å². The topological polar surface area (TPSA) is 19.4 Å². The highest BCUT2D eigenvalue weighted by molar-refractivity contribution is 4.65. The van der Waals surface area contributed by atoms with Crippen molar-refractivity contribution in [3.8, 4) is 0 Å². The summed E-state index contributed by atoms with van der Waals surface area (Å²) in [6, 6.07) is 1.52. The second-order valence-corrected chi connectivity index (χ2v) is 22.3. The number of rotatable bonds is 14. The lowest BCUT2D eigenvalue weighted by Gasteiger charge is -2.51. The molecule has 59 heavy (non-hydrogen) atoms. The van der Waals surface area contributed by atoms with Crippen LogP contribution in [-0.4, -0.2) is 257 Å². The average Bonchev–Trinajstić information content (AvgIpc) is 3.12. The van der Waals surface area contributed by atoms with Gasteiger partial charge < -0.3 is 26.9 Å². The van der Waals surface area contributed by atoms with Crippen LogP contribution in [0.4, 0.5) is 0 Å². The van der Waals surface area contributed by atoms with Crippen LogP contribution in [0.15, 0.2) is 0 Å². The van der Waals surface area contributed by atoms with E-state index in [2.05, 4.69) is 176 Å². The standard InChI is InChI=1S/2C9H21N2.2C8H19N2.C7H17N2.C6H15N2/c1-5-11(4)7-10(8-11)6-9(2)3;1-5-9(3)10-7-11(4,6-2)8-10;1-5-10(4)6-9(7-10)8(2)3;1-4-6-9-7-10(3,5-2)8-9;1-4-8-6-9(3,5-2)7-8;1-4-8(3)5-7(2)6-8/h2*9H,5-8H2,1-4H3;8H,5-7H2,1-4H3;4-8H2,1-3H3;4-7H2,1-3H3;4-6H2,1-3H3/q6*+1. The van der Waals surface area contributed by atoms with Crippen molar-refractivity contribution in [2.45, 2.75) is 122 Å². The summed E-state index contributed by atoms with van der Waals surface area (Å²) in [5.74, 6) is 0.820. The van der Waals surface area contributed by atoms with Crippen molar-refractivity contribution in [1.29, 1.82) is 0 Å². The smallest absolute Gasteiger partial charge is 0.140 e. The van der Waals surface area contributed by atoms with E-state index in [0.29, 0.717) is 0 Å². The quantitative estimate of drug-likeness (QED) is 0.198. The van der Waals surface area contributed by atoms with Crippen molar-refractivity contribution < 1.29 is 26.9 Å². The monoisotopic (exact) mass is 845 g/mol. The van der Waals surface area contributed by atoms with Gasteiger partial charge in [0.25, 0.3) is 0 Å². The molecule has 6 rings (SSSR count). The Labute approximate surface area is 371 Å². The van der Waals surface area contributed by atoms with Crippen LogP contribution in [-0.2, 0) is 0 Å². The third-order valence-electron chi connectivity index (χ3n) is 14.6. The molecule has 6 aliphatic rings. The molecular weight excluding hydrogens is 733 g/mol. The molecule has 0 bridgehead atoms. The minimum Gasteiger partial charge on any atom is -0.301 e. The lowest BCUT2D eigenvalue weighted by Crippen LogP contribution is -2.68. The second kappa shape index (κ2) is 25.1. The van der Waals surface area contributed by atoms with Gasteiger partial charge in [-0.05, 0) is 88.1 Å². The fourth-order valence-electron chi connectivity index (χ4n) is 8.92. The third-order valence-corrected chi connectivity index (χ3v) is 14.6. The van der Waals surface area contributed by atoms with Gasteiger partial charge in [0.2, 0.25) is 0 Å². The van der Waals surface area contributed by atoms with E-state index in [1.807, 2.05) is 0 Å². The first kappa shape index (κ1) is 56.5. The van der Waals surface area contributed by atoms with Gasteiger partial charge >= 0.3 is 0 Å². The van der Waals surface area contributed by atoms with Gasteiger partial charge in [0.15, 0.2) is 0 Å². The normalized spacial score (nSPS) is 25.3. The van der Waals surface area contributed by atoms with E-state index in [1.54, 1.807) is 0 Å². The van der Waals surface area contributed by atoms with Crippen LogP contribution in [0.2, 0.25) is 0 Å². The SMILES string of the molecule is CCC(C)N1C[N+](C)(CC)C1.CCCN1C[N+](C)(CC)C1.CCN1C[N+](C)(CC)C1.CC[N+]1(C)CN(C(C)C)C1.CC[N+]1(C)CN(C)C1.CC[N+]1(C)CN(CC(C)C)C1. The fraction of sp³-hybridized carbons (Fsp3) is 1.00. The van der Waals surface area contributed by atoms with Crippen LogP contribution in [0.3, 0.4) is 0 Å². The zero-order valence-electron chi connectivity index (χ0n) is 44.4. The lowest BCUT2D eigenvalue weighted by atomic mass is 10.2. The number of hydrogen-bond donors (Lipinski definition) is 0. The molecule has 12 nitrogen and oxygen atoms in total. The van der Waals surface area contributed by atoms with Crippen molar-refractivity contribution in [2.24, 2.45) is 5.92 Å². The maximum Gasteiger partial charge on any atom is 0.140 e. The molecule has 0 saturated carbocycles. The van der Waals surface area contributed by atoms with Gasteiger partial charge in [0.05, 0.1) is 81.6 Å². The maximum absolute atomic E-state index is 2.56. The number of quaternary nitrogens is 6. The Kier molecular flexibility index (Phi) is 24.1. The Morgan fingerprint density at radius 1 is 0.407 bits per heavy atom. The van der Waals surface area contributed by atoms with Crippen molar-refractivity contribution in [2.75, 3.05) is 188 Å². The van der Waals surface area contributed by atoms with E-state index in [9.17, 15) is 0 Å². The predicted molar refractivity (Wildman–Crippen MR) is 256 cm³/mol. The van der Waals surface area contributed by atoms with Gasteiger partial charge in [-0.2, -0.15) is 0 Å². The summed E-state index contributed by atoms with van der Waals surface area (Å²) >= 11 is 0. The molecule has 0 N–H and O–H groups in total. The zero-order valence-corrected chi connectivity index (χ0v) is 44.4. The average molecular weight is 845 g/mol. The van der Waals surface area contributed by atoms with Gasteiger partial charge in [-0.1, -0.05) is 34.6 Å². The van der Waals surface area contributed by atoms with Gasteiger partial charge in [0, 0.05) is 31.7 Å². The van der Waals surface area contributed by atoms with E-state index < -0.39 is 0 Å². The molecule has 6 saturated heterocycles. The Hall–Kier alpha value is -0.480. The van der Waals surface area contributed by atoms with E-state index in [1.165, 1.54) is 179 Å². The molecule has 0 amide bonds. The van der Waals surface area contributed by atoms with Crippen LogP contribution in [0.1, 0.15) is 110 Å². The van der Waals surface area contributed by atoms with Gasteiger partial charge in [0.1, 0.15) is 80.0 Å². The molecule has 0 aromatic rings. The minimum atomic E-state index is 0.734. The molecule has 0 radical (unpaired) electrons. The molecular formula is C47H112N12+6. The first-order valence-electron chi connectivity index (χ1n) is 24.6. The number of nitrogens with zero attached hydrogens (tertiary/aromatic N) is 12. The highest BCUT2D eigenvalue weighted by Gasteiger charge is 2.40. The minimum absolute atomic E-state index is 0.734. The molecule has 0 aliphatic carbocycles. The Balaban J connectivity index is 0.000000355. The molecule has 1 atom stereocenters. The van der Waals surface area contributed by atoms with Crippen LogP contribution in [0.25, 0.3) is 0 Å². The molecule has 0 aromatic heterocycles. The lowest BCUT2D eigenvalue weighted by molar-refractivity contribution is -0.979. The first-order chi connectivity index (χ1) is 27.3. The Bertz CT molecular complexity index is 1100. The summed E-state index contributed by atoms with van der Waals surface area (Å²) in [5.41, 5.74) is 0. The van der Waals surface area contributed by atoms with E-state index in [-0.39, 0.29) is 0 Å². The fourth-order valence-corrected chi connectivity index (χ4v) is 8.92. The van der Waals surface area contributed by atoms with Gasteiger partial charge in [-0.15, -0.1) is 0 Å². The summed E-state index contributed by atoms with van der Waals surface area (Å²) in [4.78, 5) is 14.9. The van der Waals surface area contributed by atoms with Gasteiger partial charge in [-0.25, -0.2) is 29.4 Å². The third kappa shape index (κ3) is 19.0. The van der Waals surface area contributed by atoms with Crippen LogP contribution in [0.5, 0.6) is 0 Å². The molecule has 1 unspecified atom stereocenters. The predicted octanol–water partition coefficient (Wildman–Crippen LogP) is 6.02. The number of hydrogen-bond acceptors (Lipinski definition) is 6. The van der Waals surface area contributed by atoms with Crippen LogP contribution in [0, 0.1) is 5.92 Å². The Morgan fingerprint density at radius 3 is 1.00 bits per heavy atom. The summed E-state index contributed by atoms with van der Waals surface area (Å²) in [5, 5.41) is 0. The molecule has 0 aromatic carbocycles. The molecule has 6 fully saturated rings. The second-order valence-electron chi connectivity index (χ2n) is 22.3. The largest absolute Gasteiger partial charge is 0.301 e. The summed E-state index contributed by atoms with van der Waals surface area (Å²) in [6.45, 7) is 58.2. The Morgan fingerprint density at radius 2 is 0.729 bits per heavy atom. The summed E-state index contributed by atoms with van der Waals surface area (Å²) in [6.07, 6.45) is 2.58. The van der Waals surface area contributed by atoms with Gasteiger partial charge in [-0.3, -0.25) is 0 Å². The van der Waals surface area contributed by atoms with Crippen molar-refractivity contribution in [1.82, 2.24) is 29.4 Å². The maximum atomic E-state index is 2.56. The first-order valence-corrected chi connectivity index (χ1v) is 24.6. The highest BCUT2D eigenvalue weighted by Crippen LogP contribution is 2.22. The van der Waals surface area contributed by atoms with Crippen molar-refractivity contribution in [3.05, 3.63) is 0 Å². The van der Waals surface area contributed by atoms with E-state index in [0.717, 1.165) is 18.0 Å². The molecule has 354 valence electrons. The molecule has 12 heteroatoms. The summed E-state index contributed by atoms with van der Waals surface area (Å²) in [7, 11) is 16.1. The molecule has 0 spiro atoms. The zero-order chi connectivity index (χ0) is 45.5. The van der Waals surface area contributed by atoms with E-state index >= 15 is 0 Å². The summed E-state index contributed by atoms with van der Waals surface area (Å²) < 4.78 is 7.44.